The molecule has 0 amide bonds. The number of carbonyl (C=O) groups is 4. The molecular formula is C47H44FNO9. The zero-order valence-electron chi connectivity index (χ0n) is 32.2. The number of halogens is 1. The van der Waals surface area contributed by atoms with Crippen molar-refractivity contribution >= 4 is 23.9 Å². The first kappa shape index (κ1) is 42.3. The molecule has 0 spiro atoms. The molecule has 0 atom stereocenters. The molecule has 10 nitrogen and oxygen atoms in total. The summed E-state index contributed by atoms with van der Waals surface area (Å²) in [6.07, 6.45) is 12.4. The summed E-state index contributed by atoms with van der Waals surface area (Å²) in [6, 6.07) is 29.0. The van der Waals surface area contributed by atoms with E-state index in [-0.39, 0.29) is 39.7 Å². The number of benzene rings is 5. The Kier molecular flexibility index (Phi) is 16.1. The second-order valence-electron chi connectivity index (χ2n) is 13.4. The fourth-order valence-electron chi connectivity index (χ4n) is 5.79. The van der Waals surface area contributed by atoms with E-state index in [1.807, 2.05) is 6.07 Å². The third-order valence-corrected chi connectivity index (χ3v) is 9.00. The van der Waals surface area contributed by atoms with Gasteiger partial charge in [0.15, 0.2) is 0 Å². The summed E-state index contributed by atoms with van der Waals surface area (Å²) in [5, 5.41) is 8.91. The SMILES string of the molecule is CCCCCCCCCCCCOc1ccc(C(=O)Oc2ccc(C(=O)Oc3cccc(C(=O)Oc4ccc(C(=O)Oc5ccc(C#N)cc5)cc4)c3)c(F)c2)cc1. The van der Waals surface area contributed by atoms with Crippen LogP contribution in [0.25, 0.3) is 0 Å². The Hall–Kier alpha value is -6.80. The molecule has 5 rings (SSSR count). The lowest BCUT2D eigenvalue weighted by Gasteiger charge is -2.10. The summed E-state index contributed by atoms with van der Waals surface area (Å²) in [7, 11) is 0. The normalized spacial score (nSPS) is 10.6. The maximum Gasteiger partial charge on any atom is 0.346 e. The fourth-order valence-corrected chi connectivity index (χ4v) is 5.79. The van der Waals surface area contributed by atoms with Crippen molar-refractivity contribution in [2.45, 2.75) is 71.1 Å². The average molecular weight is 786 g/mol. The van der Waals surface area contributed by atoms with Crippen LogP contribution in [-0.4, -0.2) is 30.5 Å². The molecule has 0 fully saturated rings. The van der Waals surface area contributed by atoms with Crippen molar-refractivity contribution < 1.29 is 47.3 Å². The number of nitrogens with zero attached hydrogens (tertiary/aromatic N) is 1. The number of esters is 4. The highest BCUT2D eigenvalue weighted by atomic mass is 19.1. The molecule has 0 unspecified atom stereocenters. The van der Waals surface area contributed by atoms with Gasteiger partial charge in [-0.2, -0.15) is 5.26 Å². The van der Waals surface area contributed by atoms with Crippen LogP contribution in [0.5, 0.6) is 28.7 Å². The lowest BCUT2D eigenvalue weighted by atomic mass is 10.1. The van der Waals surface area contributed by atoms with Gasteiger partial charge in [-0.3, -0.25) is 0 Å². The molecule has 5 aromatic carbocycles. The fraction of sp³-hybridized carbons (Fsp3) is 0.255. The van der Waals surface area contributed by atoms with Gasteiger partial charge in [0.1, 0.15) is 34.6 Å². The van der Waals surface area contributed by atoms with Gasteiger partial charge in [-0.05, 0) is 110 Å². The van der Waals surface area contributed by atoms with E-state index < -0.39 is 35.3 Å². The molecule has 0 aliphatic carbocycles. The Morgan fingerprint density at radius 2 is 0.966 bits per heavy atom. The van der Waals surface area contributed by atoms with Crippen molar-refractivity contribution in [2.75, 3.05) is 6.61 Å². The molecule has 0 aliphatic rings. The zero-order chi connectivity index (χ0) is 41.1. The van der Waals surface area contributed by atoms with E-state index in [1.54, 1.807) is 24.3 Å². The third-order valence-electron chi connectivity index (χ3n) is 9.00. The highest BCUT2D eigenvalue weighted by Crippen LogP contribution is 2.23. The first-order chi connectivity index (χ1) is 28.2. The molecule has 0 saturated carbocycles. The molecule has 5 aromatic rings. The van der Waals surface area contributed by atoms with Crippen LogP contribution in [0.4, 0.5) is 4.39 Å². The highest BCUT2D eigenvalue weighted by Gasteiger charge is 2.19. The topological polar surface area (TPSA) is 138 Å². The number of carbonyl (C=O) groups excluding carboxylic acids is 4. The maximum absolute atomic E-state index is 15.0. The van der Waals surface area contributed by atoms with Gasteiger partial charge in [0.05, 0.1) is 40.5 Å². The van der Waals surface area contributed by atoms with Crippen molar-refractivity contribution in [3.05, 3.63) is 149 Å². The number of rotatable bonds is 20. The number of hydrogen-bond donors (Lipinski definition) is 0. The van der Waals surface area contributed by atoms with Gasteiger partial charge in [0.25, 0.3) is 0 Å². The molecule has 58 heavy (non-hydrogen) atoms. The molecule has 0 bridgehead atoms. The molecule has 11 heteroatoms. The summed E-state index contributed by atoms with van der Waals surface area (Å²) in [5.41, 5.74) is 0.474. The van der Waals surface area contributed by atoms with Gasteiger partial charge in [0, 0.05) is 6.07 Å². The summed E-state index contributed by atoms with van der Waals surface area (Å²) in [4.78, 5) is 51.0. The monoisotopic (exact) mass is 785 g/mol. The van der Waals surface area contributed by atoms with Gasteiger partial charge in [-0.15, -0.1) is 0 Å². The molecule has 0 aromatic heterocycles. The molecule has 0 heterocycles. The van der Waals surface area contributed by atoms with Crippen LogP contribution in [0.3, 0.4) is 0 Å². The quantitative estimate of drug-likeness (QED) is 0.0426. The van der Waals surface area contributed by atoms with E-state index >= 15 is 4.39 Å². The Bertz CT molecular complexity index is 2190. The minimum Gasteiger partial charge on any atom is -0.494 e. The van der Waals surface area contributed by atoms with E-state index in [0.717, 1.165) is 25.0 Å². The summed E-state index contributed by atoms with van der Waals surface area (Å²) in [5.74, 6) is -3.30. The van der Waals surface area contributed by atoms with Gasteiger partial charge in [-0.25, -0.2) is 23.6 Å². The molecule has 298 valence electrons. The second-order valence-corrected chi connectivity index (χ2v) is 13.4. The van der Waals surface area contributed by atoms with Crippen molar-refractivity contribution in [3.8, 4) is 34.8 Å². The minimum atomic E-state index is -1.04. The maximum atomic E-state index is 15.0. The van der Waals surface area contributed by atoms with E-state index in [2.05, 4.69) is 6.92 Å². The smallest absolute Gasteiger partial charge is 0.346 e. The van der Waals surface area contributed by atoms with Crippen molar-refractivity contribution in [1.29, 1.82) is 5.26 Å². The van der Waals surface area contributed by atoms with E-state index in [4.69, 9.17) is 28.9 Å². The van der Waals surface area contributed by atoms with Crippen molar-refractivity contribution in [1.82, 2.24) is 0 Å². The van der Waals surface area contributed by atoms with E-state index in [1.165, 1.54) is 130 Å². The Balaban J connectivity index is 1.05. The molecular weight excluding hydrogens is 742 g/mol. The number of ether oxygens (including phenoxy) is 5. The number of unbranched alkanes of at least 4 members (excludes halogenated alkanes) is 9. The van der Waals surface area contributed by atoms with E-state index in [0.29, 0.717) is 17.9 Å². The predicted molar refractivity (Wildman–Crippen MR) is 214 cm³/mol. The largest absolute Gasteiger partial charge is 0.494 e. The lowest BCUT2D eigenvalue weighted by molar-refractivity contribution is 0.0709. The van der Waals surface area contributed by atoms with E-state index in [9.17, 15) is 19.2 Å². The number of nitriles is 1. The molecule has 0 radical (unpaired) electrons. The second kappa shape index (κ2) is 22.1. The van der Waals surface area contributed by atoms with Crippen LogP contribution >= 0.6 is 0 Å². The highest BCUT2D eigenvalue weighted by molar-refractivity contribution is 5.95. The average Bonchev–Trinajstić information content (AvgIpc) is 3.23. The number of hydrogen-bond acceptors (Lipinski definition) is 10. The Morgan fingerprint density at radius 1 is 0.500 bits per heavy atom. The van der Waals surface area contributed by atoms with Gasteiger partial charge >= 0.3 is 23.9 Å². The molecule has 0 saturated heterocycles. The van der Waals surface area contributed by atoms with Crippen LogP contribution in [-0.2, 0) is 0 Å². The van der Waals surface area contributed by atoms with Crippen LogP contribution in [0, 0.1) is 17.1 Å². The minimum absolute atomic E-state index is 0.0333. The van der Waals surface area contributed by atoms with Gasteiger partial charge < -0.3 is 23.7 Å². The first-order valence-electron chi connectivity index (χ1n) is 19.3. The molecule has 0 aliphatic heterocycles. The molecule has 0 N–H and O–H groups in total. The summed E-state index contributed by atoms with van der Waals surface area (Å²) < 4.78 is 42.2. The summed E-state index contributed by atoms with van der Waals surface area (Å²) >= 11 is 0. The van der Waals surface area contributed by atoms with Crippen LogP contribution in [0.15, 0.2) is 115 Å². The Morgan fingerprint density at radius 3 is 1.53 bits per heavy atom. The van der Waals surface area contributed by atoms with Crippen LogP contribution < -0.4 is 23.7 Å². The van der Waals surface area contributed by atoms with Crippen molar-refractivity contribution in [2.24, 2.45) is 0 Å². The summed E-state index contributed by atoms with van der Waals surface area (Å²) in [6.45, 7) is 2.82. The predicted octanol–water partition coefficient (Wildman–Crippen LogP) is 10.9. The van der Waals surface area contributed by atoms with Crippen LogP contribution in [0.1, 0.15) is 118 Å². The third kappa shape index (κ3) is 13.2. The zero-order valence-corrected chi connectivity index (χ0v) is 32.2. The Labute approximate surface area is 337 Å². The standard InChI is InChI=1S/C47H44FNO9/c1-2-3-4-5-6-7-8-9-10-11-29-54-37-23-17-34(18-24-37)45(51)57-41-27-28-42(43(48)31-41)47(53)58-40-14-12-13-36(30-40)46(52)56-39-25-19-35(20-26-39)44(50)55-38-21-15-33(32-49)16-22-38/h12-28,30-31H,2-11,29H2,1H3. The van der Waals surface area contributed by atoms with Gasteiger partial charge in [0.2, 0.25) is 0 Å². The van der Waals surface area contributed by atoms with Gasteiger partial charge in [-0.1, -0.05) is 70.8 Å². The first-order valence-corrected chi connectivity index (χ1v) is 19.3. The lowest BCUT2D eigenvalue weighted by Crippen LogP contribution is -2.13. The van der Waals surface area contributed by atoms with Crippen LogP contribution in [0.2, 0.25) is 0 Å². The van der Waals surface area contributed by atoms with Crippen molar-refractivity contribution in [3.63, 3.8) is 0 Å².